The third-order valence-corrected chi connectivity index (χ3v) is 20.4. The Kier molecular flexibility index (Phi) is 69.3. The lowest BCUT2D eigenvalue weighted by Crippen LogP contribution is -2.30. The van der Waals surface area contributed by atoms with E-state index in [0.717, 1.165) is 102 Å². The summed E-state index contributed by atoms with van der Waals surface area (Å²) in [5.41, 5.74) is 0. The van der Waals surface area contributed by atoms with Crippen molar-refractivity contribution in [2.24, 2.45) is 11.8 Å². The SMILES string of the molecule is CCCCCCCCCCCCC(=O)O[C@H](COC(=O)CCCCCCCCCCC)COP(=O)(O)OC[C@H](O)COP(=O)(O)OC[C@@H](COC(=O)CCCCCCCCCCCCCCCCCC(C)C)OC(=O)CCCCCCCCCCCCCCCCCCCCC(C)C. The van der Waals surface area contributed by atoms with Crippen LogP contribution >= 0.6 is 15.6 Å². The van der Waals surface area contributed by atoms with Gasteiger partial charge >= 0.3 is 39.5 Å². The maximum atomic E-state index is 13.1. The van der Waals surface area contributed by atoms with E-state index in [0.29, 0.717) is 25.7 Å². The van der Waals surface area contributed by atoms with Gasteiger partial charge in [0.15, 0.2) is 12.2 Å². The maximum absolute atomic E-state index is 13.1. The first kappa shape index (κ1) is 96.1. The third-order valence-electron chi connectivity index (χ3n) is 18.5. The Morgan fingerprint density at radius 2 is 0.469 bits per heavy atom. The number of hydrogen-bond donors (Lipinski definition) is 3. The van der Waals surface area contributed by atoms with Crippen LogP contribution < -0.4 is 0 Å². The van der Waals surface area contributed by atoms with Crippen molar-refractivity contribution in [3.8, 4) is 0 Å². The standard InChI is InChI=1S/C79H154O17P2/c1-7-9-11-13-15-17-38-45-51-57-63-78(83)95-74(67-89-76(81)61-55-49-43-35-16-14-12-10-8-2)69-93-97(85,86)91-65-73(80)66-92-98(87,88)94-70-75(68-90-77(82)62-56-50-44-39-33-29-26-22-24-28-32-37-42-48-54-60-72(5)6)96-79(84)64-58-52-46-40-34-30-25-21-19-18-20-23-27-31-36-41-47-53-59-71(3)4/h71-75,80H,7-70H2,1-6H3,(H,85,86)(H,87,88)/t73-,74+,75+/m0/s1. The van der Waals surface area contributed by atoms with E-state index in [4.69, 9.17) is 37.0 Å². The molecule has 0 aliphatic carbocycles. The predicted octanol–water partition coefficient (Wildman–Crippen LogP) is 23.5. The molecule has 0 aliphatic heterocycles. The van der Waals surface area contributed by atoms with Crippen molar-refractivity contribution < 1.29 is 80.2 Å². The van der Waals surface area contributed by atoms with Gasteiger partial charge in [-0.25, -0.2) is 9.13 Å². The Labute approximate surface area is 600 Å². The minimum Gasteiger partial charge on any atom is -0.462 e. The normalized spacial score (nSPS) is 13.9. The molecule has 0 bridgehead atoms. The van der Waals surface area contributed by atoms with Gasteiger partial charge in [0.1, 0.15) is 19.3 Å². The number of phosphoric acid groups is 2. The van der Waals surface area contributed by atoms with Crippen LogP contribution in [0.5, 0.6) is 0 Å². The first-order chi connectivity index (χ1) is 47.4. The van der Waals surface area contributed by atoms with Crippen LogP contribution in [-0.4, -0.2) is 96.7 Å². The van der Waals surface area contributed by atoms with E-state index < -0.39 is 97.5 Å². The van der Waals surface area contributed by atoms with E-state index in [1.54, 1.807) is 0 Å². The van der Waals surface area contributed by atoms with Crippen molar-refractivity contribution in [1.82, 2.24) is 0 Å². The molecule has 0 aliphatic rings. The number of ether oxygens (including phenoxy) is 4. The van der Waals surface area contributed by atoms with Crippen LogP contribution in [0.4, 0.5) is 0 Å². The molecule has 0 rings (SSSR count). The highest BCUT2D eigenvalue weighted by molar-refractivity contribution is 7.47. The largest absolute Gasteiger partial charge is 0.472 e. The lowest BCUT2D eigenvalue weighted by Gasteiger charge is -2.21. The molecular formula is C79H154O17P2. The van der Waals surface area contributed by atoms with Crippen LogP contribution in [0, 0.1) is 11.8 Å². The maximum Gasteiger partial charge on any atom is 0.472 e. The summed E-state index contributed by atoms with van der Waals surface area (Å²) in [6.07, 6.45) is 59.7. The van der Waals surface area contributed by atoms with Gasteiger partial charge in [0.2, 0.25) is 0 Å². The fraction of sp³-hybridized carbons (Fsp3) is 0.949. The second kappa shape index (κ2) is 70.7. The second-order valence-corrected chi connectivity index (χ2v) is 32.3. The smallest absolute Gasteiger partial charge is 0.462 e. The molecule has 0 aromatic carbocycles. The van der Waals surface area contributed by atoms with E-state index >= 15 is 0 Å². The van der Waals surface area contributed by atoms with Crippen LogP contribution in [-0.2, 0) is 65.4 Å². The van der Waals surface area contributed by atoms with Crippen molar-refractivity contribution >= 4 is 39.5 Å². The van der Waals surface area contributed by atoms with Gasteiger partial charge in [-0.05, 0) is 37.5 Å². The number of phosphoric ester groups is 2. The number of hydrogen-bond acceptors (Lipinski definition) is 15. The summed E-state index contributed by atoms with van der Waals surface area (Å²) in [6, 6.07) is 0. The number of esters is 4. The van der Waals surface area contributed by atoms with E-state index in [-0.39, 0.29) is 25.7 Å². The number of rotatable bonds is 78. The Balaban J connectivity index is 5.18. The predicted molar refractivity (Wildman–Crippen MR) is 400 cm³/mol. The zero-order valence-corrected chi connectivity index (χ0v) is 65.9. The molecule has 19 heteroatoms. The van der Waals surface area contributed by atoms with Gasteiger partial charge in [0.05, 0.1) is 26.4 Å². The Hall–Kier alpha value is -1.94. The summed E-state index contributed by atoms with van der Waals surface area (Å²) in [6.45, 7) is 9.65. The van der Waals surface area contributed by atoms with E-state index in [1.165, 1.54) is 231 Å². The van der Waals surface area contributed by atoms with Crippen molar-refractivity contribution in [1.29, 1.82) is 0 Å². The lowest BCUT2D eigenvalue weighted by molar-refractivity contribution is -0.161. The summed E-state index contributed by atoms with van der Waals surface area (Å²) in [5, 5.41) is 10.6. The van der Waals surface area contributed by atoms with E-state index in [1.807, 2.05) is 0 Å². The average molecular weight is 1440 g/mol. The van der Waals surface area contributed by atoms with Gasteiger partial charge in [-0.3, -0.25) is 37.3 Å². The van der Waals surface area contributed by atoms with E-state index in [2.05, 4.69) is 41.5 Å². The number of carbonyl (C=O) groups excluding carboxylic acids is 4. The molecule has 17 nitrogen and oxygen atoms in total. The third kappa shape index (κ3) is 72.4. The average Bonchev–Trinajstić information content (AvgIpc) is 1.39. The summed E-state index contributed by atoms with van der Waals surface area (Å²) >= 11 is 0. The molecule has 0 spiro atoms. The van der Waals surface area contributed by atoms with Crippen molar-refractivity contribution in [3.05, 3.63) is 0 Å². The van der Waals surface area contributed by atoms with Gasteiger partial charge in [-0.15, -0.1) is 0 Å². The number of aliphatic hydroxyl groups excluding tert-OH is 1. The van der Waals surface area contributed by atoms with E-state index in [9.17, 15) is 43.2 Å². The first-order valence-electron chi connectivity index (χ1n) is 41.0. The highest BCUT2D eigenvalue weighted by Crippen LogP contribution is 2.45. The quantitative estimate of drug-likeness (QED) is 0.0222. The summed E-state index contributed by atoms with van der Waals surface area (Å²) in [7, 11) is -9.91. The van der Waals surface area contributed by atoms with Gasteiger partial charge in [0, 0.05) is 25.7 Å². The number of unbranched alkanes of at least 4 members (excludes halogenated alkanes) is 48. The molecule has 5 atom stereocenters. The molecule has 0 aromatic rings. The van der Waals surface area contributed by atoms with Crippen molar-refractivity contribution in [2.45, 2.75) is 432 Å². The molecule has 98 heavy (non-hydrogen) atoms. The molecule has 0 heterocycles. The summed E-state index contributed by atoms with van der Waals surface area (Å²) in [4.78, 5) is 72.8. The number of aliphatic hydroxyl groups is 1. The minimum absolute atomic E-state index is 0.107. The second-order valence-electron chi connectivity index (χ2n) is 29.4. The summed E-state index contributed by atoms with van der Waals surface area (Å²) < 4.78 is 68.5. The van der Waals surface area contributed by atoms with Crippen LogP contribution in [0.3, 0.4) is 0 Å². The van der Waals surface area contributed by atoms with Gasteiger partial charge in [0.25, 0.3) is 0 Å². The molecule has 3 N–H and O–H groups in total. The zero-order chi connectivity index (χ0) is 72.1. The molecule has 0 amide bonds. The van der Waals surface area contributed by atoms with Crippen LogP contribution in [0.1, 0.15) is 414 Å². The molecule has 0 saturated heterocycles. The van der Waals surface area contributed by atoms with Gasteiger partial charge in [-0.2, -0.15) is 0 Å². The molecule has 582 valence electrons. The monoisotopic (exact) mass is 1440 g/mol. The van der Waals surface area contributed by atoms with Crippen LogP contribution in [0.15, 0.2) is 0 Å². The molecule has 0 aromatic heterocycles. The van der Waals surface area contributed by atoms with Gasteiger partial charge in [-0.1, -0.05) is 363 Å². The first-order valence-corrected chi connectivity index (χ1v) is 44.0. The number of carbonyl (C=O) groups is 4. The van der Waals surface area contributed by atoms with Gasteiger partial charge < -0.3 is 33.8 Å². The minimum atomic E-state index is -4.96. The molecule has 0 saturated carbocycles. The topological polar surface area (TPSA) is 237 Å². The van der Waals surface area contributed by atoms with Crippen molar-refractivity contribution in [2.75, 3.05) is 39.6 Å². The highest BCUT2D eigenvalue weighted by Gasteiger charge is 2.30. The van der Waals surface area contributed by atoms with Crippen LogP contribution in [0.25, 0.3) is 0 Å². The Morgan fingerprint density at radius 3 is 0.694 bits per heavy atom. The Morgan fingerprint density at radius 1 is 0.276 bits per heavy atom. The van der Waals surface area contributed by atoms with Crippen LogP contribution in [0.2, 0.25) is 0 Å². The zero-order valence-electron chi connectivity index (χ0n) is 64.1. The molecular weight excluding hydrogens is 1280 g/mol. The Bertz CT molecular complexity index is 1890. The fourth-order valence-electron chi connectivity index (χ4n) is 12.2. The molecule has 0 fully saturated rings. The summed E-state index contributed by atoms with van der Waals surface area (Å²) in [5.74, 6) is -0.486. The molecule has 0 radical (unpaired) electrons. The fourth-order valence-corrected chi connectivity index (χ4v) is 13.8. The molecule has 2 unspecified atom stereocenters. The van der Waals surface area contributed by atoms with Crippen molar-refractivity contribution in [3.63, 3.8) is 0 Å². The lowest BCUT2D eigenvalue weighted by atomic mass is 10.0. The highest BCUT2D eigenvalue weighted by atomic mass is 31.2.